The van der Waals surface area contributed by atoms with Crippen LogP contribution in [-0.2, 0) is 19.9 Å². The van der Waals surface area contributed by atoms with Crippen LogP contribution in [0.4, 0.5) is 8.78 Å². The highest BCUT2D eigenvalue weighted by Crippen LogP contribution is 2.30. The van der Waals surface area contributed by atoms with E-state index >= 15 is 0 Å². The molecule has 3 aromatic carbocycles. The first-order valence-electron chi connectivity index (χ1n) is 10.4. The van der Waals surface area contributed by atoms with Gasteiger partial charge in [-0.25, -0.2) is 23.2 Å². The minimum Gasteiger partial charge on any atom is -0.507 e. The van der Waals surface area contributed by atoms with Crippen LogP contribution in [0, 0.1) is 11.6 Å². The van der Waals surface area contributed by atoms with Crippen LogP contribution in [0.1, 0.15) is 11.1 Å². The van der Waals surface area contributed by atoms with E-state index in [1.165, 1.54) is 16.7 Å². The molecule has 5 rings (SSSR count). The van der Waals surface area contributed by atoms with Gasteiger partial charge in [0.05, 0.1) is 11.3 Å². The fraction of sp³-hybridized carbons (Fsp3) is 0.120. The number of hydrogen-bond donors (Lipinski definition) is 2. The molecule has 0 bridgehead atoms. The molecule has 0 atom stereocenters. The van der Waals surface area contributed by atoms with Crippen molar-refractivity contribution in [3.8, 4) is 22.8 Å². The number of nitrogens with one attached hydrogen (secondary N) is 1. The monoisotopic (exact) mass is 446 g/mol. The number of H-pyrrole nitrogens is 1. The van der Waals surface area contributed by atoms with Gasteiger partial charge in [0.2, 0.25) is 0 Å². The topological polar surface area (TPSA) is 75.8 Å². The number of aryl methyl sites for hydroxylation is 3. The molecule has 0 fully saturated rings. The Balaban J connectivity index is 1.52. The lowest BCUT2D eigenvalue weighted by Crippen LogP contribution is -2.15. The van der Waals surface area contributed by atoms with Crippen LogP contribution < -0.4 is 5.69 Å². The molecule has 6 nitrogen and oxygen atoms in total. The van der Waals surface area contributed by atoms with E-state index in [0.717, 1.165) is 28.6 Å². The Hall–Kier alpha value is -4.20. The number of halogens is 2. The van der Waals surface area contributed by atoms with Crippen molar-refractivity contribution in [2.45, 2.75) is 12.8 Å². The maximum Gasteiger partial charge on any atom is 0.348 e. The fourth-order valence-electron chi connectivity index (χ4n) is 4.06. The zero-order valence-electron chi connectivity index (χ0n) is 17.7. The number of phenols is 1. The van der Waals surface area contributed by atoms with Gasteiger partial charge in [0, 0.05) is 24.1 Å². The SMILES string of the molecule is Cn1ccc2cc(-n3c(-c4cc(CCc5cc(F)ccc5F)ccc4O)n[nH]c3=O)ccc21. The number of aromatic hydroxyl groups is 1. The summed E-state index contributed by atoms with van der Waals surface area (Å²) in [6.07, 6.45) is 2.63. The van der Waals surface area contributed by atoms with Crippen molar-refractivity contribution in [3.05, 3.63) is 100 Å². The predicted octanol–water partition coefficient (Wildman–Crippen LogP) is 4.49. The Morgan fingerprint density at radius 1 is 1.00 bits per heavy atom. The summed E-state index contributed by atoms with van der Waals surface area (Å²) in [4.78, 5) is 12.6. The van der Waals surface area contributed by atoms with Gasteiger partial charge in [-0.1, -0.05) is 6.07 Å². The van der Waals surface area contributed by atoms with Crippen LogP contribution in [0.3, 0.4) is 0 Å². The third-order valence-electron chi connectivity index (χ3n) is 5.79. The van der Waals surface area contributed by atoms with Gasteiger partial charge in [-0.05, 0) is 78.6 Å². The maximum atomic E-state index is 14.0. The van der Waals surface area contributed by atoms with E-state index in [4.69, 9.17) is 0 Å². The number of rotatable bonds is 5. The van der Waals surface area contributed by atoms with Crippen molar-refractivity contribution < 1.29 is 13.9 Å². The van der Waals surface area contributed by atoms with E-state index in [-0.39, 0.29) is 23.6 Å². The number of aromatic nitrogens is 4. The van der Waals surface area contributed by atoms with Gasteiger partial charge >= 0.3 is 5.69 Å². The Morgan fingerprint density at radius 3 is 2.70 bits per heavy atom. The maximum absolute atomic E-state index is 14.0. The molecule has 2 N–H and O–H groups in total. The number of aromatic amines is 1. The summed E-state index contributed by atoms with van der Waals surface area (Å²) in [5, 5.41) is 18.1. The molecule has 0 aliphatic rings. The number of nitrogens with zero attached hydrogens (tertiary/aromatic N) is 3. The normalized spacial score (nSPS) is 11.4. The average Bonchev–Trinajstić information content (AvgIpc) is 3.37. The molecule has 5 aromatic rings. The summed E-state index contributed by atoms with van der Waals surface area (Å²) >= 11 is 0. The van der Waals surface area contributed by atoms with Crippen molar-refractivity contribution in [1.29, 1.82) is 0 Å². The first-order valence-corrected chi connectivity index (χ1v) is 10.4. The smallest absolute Gasteiger partial charge is 0.348 e. The van der Waals surface area contributed by atoms with Gasteiger partial charge in [0.15, 0.2) is 5.82 Å². The molecule has 0 saturated carbocycles. The molecule has 33 heavy (non-hydrogen) atoms. The average molecular weight is 446 g/mol. The van der Waals surface area contributed by atoms with Gasteiger partial charge in [0.1, 0.15) is 17.4 Å². The summed E-state index contributed by atoms with van der Waals surface area (Å²) in [5.74, 6) is -0.746. The molecule has 0 radical (unpaired) electrons. The third-order valence-corrected chi connectivity index (χ3v) is 5.79. The summed E-state index contributed by atoms with van der Waals surface area (Å²) in [6.45, 7) is 0. The highest BCUT2D eigenvalue weighted by atomic mass is 19.1. The number of benzene rings is 3. The van der Waals surface area contributed by atoms with Crippen molar-refractivity contribution in [2.75, 3.05) is 0 Å². The Morgan fingerprint density at radius 2 is 1.85 bits per heavy atom. The molecule has 2 aromatic heterocycles. The first-order chi connectivity index (χ1) is 15.9. The molecule has 0 aliphatic heterocycles. The van der Waals surface area contributed by atoms with Gasteiger partial charge in [0.25, 0.3) is 0 Å². The number of phenolic OH excluding ortho intramolecular Hbond substituents is 1. The van der Waals surface area contributed by atoms with Crippen LogP contribution in [0.15, 0.2) is 71.7 Å². The van der Waals surface area contributed by atoms with Gasteiger partial charge in [-0.3, -0.25) is 0 Å². The predicted molar refractivity (Wildman–Crippen MR) is 122 cm³/mol. The standard InChI is InChI=1S/C25H20F2N4O2/c1-30-11-10-17-14-19(6-8-22(17)30)31-24(28-29-25(31)33)20-12-15(3-9-23(20)32)2-4-16-13-18(26)5-7-21(16)27/h3,5-14,32H,2,4H2,1H3,(H,29,33). The van der Waals surface area contributed by atoms with Crippen molar-refractivity contribution >= 4 is 10.9 Å². The summed E-state index contributed by atoms with van der Waals surface area (Å²) < 4.78 is 30.8. The molecule has 0 aliphatic carbocycles. The largest absolute Gasteiger partial charge is 0.507 e. The van der Waals surface area contributed by atoms with Crippen molar-refractivity contribution in [2.24, 2.45) is 7.05 Å². The van der Waals surface area contributed by atoms with E-state index in [9.17, 15) is 18.7 Å². The Labute approximate surface area is 187 Å². The van der Waals surface area contributed by atoms with E-state index in [1.54, 1.807) is 12.1 Å². The van der Waals surface area contributed by atoms with Crippen LogP contribution in [0.25, 0.3) is 28.0 Å². The molecule has 166 valence electrons. The molecule has 0 spiro atoms. The lowest BCUT2D eigenvalue weighted by molar-refractivity contribution is 0.476. The van der Waals surface area contributed by atoms with Crippen molar-refractivity contribution in [3.63, 3.8) is 0 Å². The zero-order chi connectivity index (χ0) is 23.1. The molecule has 0 saturated heterocycles. The minimum absolute atomic E-state index is 0.0447. The second-order valence-electron chi connectivity index (χ2n) is 7.94. The van der Waals surface area contributed by atoms with Crippen molar-refractivity contribution in [1.82, 2.24) is 19.3 Å². The second kappa shape index (κ2) is 8.05. The third kappa shape index (κ3) is 3.80. The minimum atomic E-state index is -0.492. The first kappa shape index (κ1) is 20.7. The van der Waals surface area contributed by atoms with Gasteiger partial charge < -0.3 is 9.67 Å². The molecule has 0 unspecified atom stereocenters. The van der Waals surface area contributed by atoms with Gasteiger partial charge in [-0.15, -0.1) is 0 Å². The molecular formula is C25H20F2N4O2. The van der Waals surface area contributed by atoms with E-state index in [1.807, 2.05) is 42.1 Å². The van der Waals surface area contributed by atoms with E-state index in [0.29, 0.717) is 17.7 Å². The van der Waals surface area contributed by atoms with Crippen LogP contribution in [0.5, 0.6) is 5.75 Å². The summed E-state index contributed by atoms with van der Waals surface area (Å²) in [7, 11) is 1.94. The summed E-state index contributed by atoms with van der Waals surface area (Å²) in [6, 6.07) is 15.9. The highest BCUT2D eigenvalue weighted by molar-refractivity contribution is 5.82. The zero-order valence-corrected chi connectivity index (χ0v) is 17.7. The molecule has 0 amide bonds. The van der Waals surface area contributed by atoms with Crippen LogP contribution in [0.2, 0.25) is 0 Å². The molecule has 2 heterocycles. The summed E-state index contributed by atoms with van der Waals surface area (Å²) in [5.41, 5.74) is 2.61. The van der Waals surface area contributed by atoms with Crippen LogP contribution >= 0.6 is 0 Å². The van der Waals surface area contributed by atoms with Crippen LogP contribution in [-0.4, -0.2) is 24.4 Å². The van der Waals surface area contributed by atoms with Gasteiger partial charge in [-0.2, -0.15) is 5.10 Å². The lowest BCUT2D eigenvalue weighted by Gasteiger charge is -2.10. The fourth-order valence-corrected chi connectivity index (χ4v) is 4.06. The quantitative estimate of drug-likeness (QED) is 0.418. The second-order valence-corrected chi connectivity index (χ2v) is 7.94. The Bertz CT molecular complexity index is 1550. The lowest BCUT2D eigenvalue weighted by atomic mass is 10.0. The van der Waals surface area contributed by atoms with E-state index in [2.05, 4.69) is 10.2 Å². The Kier molecular flexibility index (Phi) is 5.05. The van der Waals surface area contributed by atoms with E-state index < -0.39 is 17.3 Å². The highest BCUT2D eigenvalue weighted by Gasteiger charge is 2.17. The molecule has 8 heteroatoms. The molecular weight excluding hydrogens is 426 g/mol. The number of hydrogen-bond acceptors (Lipinski definition) is 3. The number of fused-ring (bicyclic) bond motifs is 1.